The molecule has 0 N–H and O–H groups in total. The first-order chi connectivity index (χ1) is 18.8. The Hall–Kier alpha value is -3.41. The maximum Gasteiger partial charge on any atom is 0.267 e. The monoisotopic (exact) mass is 566 g/mol. The molecule has 2 aliphatic rings. The molecule has 204 valence electrons. The maximum absolute atomic E-state index is 13.7. The highest BCUT2D eigenvalue weighted by Crippen LogP contribution is 2.34. The van der Waals surface area contributed by atoms with E-state index in [2.05, 4.69) is 4.90 Å². The summed E-state index contributed by atoms with van der Waals surface area (Å²) in [6, 6.07) is 11.1. The van der Waals surface area contributed by atoms with Crippen molar-refractivity contribution >= 4 is 51.7 Å². The second-order valence-corrected chi connectivity index (χ2v) is 11.2. The van der Waals surface area contributed by atoms with Gasteiger partial charge in [0.2, 0.25) is 0 Å². The number of carbonyl (C=O) groups is 1. The molecular weight excluding hydrogens is 536 g/mol. The number of aromatic nitrogens is 2. The van der Waals surface area contributed by atoms with Crippen molar-refractivity contribution in [1.29, 1.82) is 0 Å². The summed E-state index contributed by atoms with van der Waals surface area (Å²) in [5.41, 5.74) is 1.66. The van der Waals surface area contributed by atoms with Gasteiger partial charge in [-0.1, -0.05) is 36.1 Å². The number of methoxy groups -OCH3 is 2. The molecule has 9 nitrogen and oxygen atoms in total. The second-order valence-electron chi connectivity index (χ2n) is 9.52. The molecule has 2 atom stereocenters. The predicted molar refractivity (Wildman–Crippen MR) is 157 cm³/mol. The molecule has 4 heterocycles. The van der Waals surface area contributed by atoms with Gasteiger partial charge in [0, 0.05) is 25.8 Å². The molecule has 2 aromatic heterocycles. The number of pyridine rings is 1. The number of nitrogens with zero attached hydrogens (tertiary/aromatic N) is 4. The van der Waals surface area contributed by atoms with Crippen LogP contribution in [-0.2, 0) is 16.0 Å². The van der Waals surface area contributed by atoms with Gasteiger partial charge >= 0.3 is 0 Å². The third-order valence-electron chi connectivity index (χ3n) is 6.69. The van der Waals surface area contributed by atoms with Crippen LogP contribution in [0.3, 0.4) is 0 Å². The lowest BCUT2D eigenvalue weighted by Gasteiger charge is -2.36. The van der Waals surface area contributed by atoms with Gasteiger partial charge in [-0.15, -0.1) is 0 Å². The van der Waals surface area contributed by atoms with Crippen LogP contribution in [0.15, 0.2) is 52.3 Å². The minimum Gasteiger partial charge on any atom is -0.493 e. The Morgan fingerprint density at radius 3 is 2.56 bits per heavy atom. The van der Waals surface area contributed by atoms with Crippen LogP contribution in [0, 0.1) is 0 Å². The Labute approximate surface area is 236 Å². The van der Waals surface area contributed by atoms with Gasteiger partial charge in [-0.3, -0.25) is 18.9 Å². The van der Waals surface area contributed by atoms with E-state index in [0.29, 0.717) is 63.8 Å². The molecule has 11 heteroatoms. The molecule has 0 bridgehead atoms. The molecule has 39 heavy (non-hydrogen) atoms. The summed E-state index contributed by atoms with van der Waals surface area (Å²) >= 11 is 6.77. The van der Waals surface area contributed by atoms with Crippen molar-refractivity contribution in [3.63, 3.8) is 0 Å². The van der Waals surface area contributed by atoms with Gasteiger partial charge in [0.1, 0.15) is 15.8 Å². The van der Waals surface area contributed by atoms with E-state index < -0.39 is 0 Å². The van der Waals surface area contributed by atoms with Crippen molar-refractivity contribution in [1.82, 2.24) is 14.3 Å². The lowest BCUT2D eigenvalue weighted by atomic mass is 10.1. The first-order valence-electron chi connectivity index (χ1n) is 12.7. The van der Waals surface area contributed by atoms with Gasteiger partial charge < -0.3 is 19.1 Å². The summed E-state index contributed by atoms with van der Waals surface area (Å²) < 4.78 is 18.6. The number of fused-ring (bicyclic) bond motifs is 1. The average molecular weight is 567 g/mol. The standard InChI is InChI=1S/C28H30N4O5S2/c1-17-15-30(16-18(2)37-17)25-20(26(33)31-11-6-5-7-24(31)29-25)14-23-27(34)32(28(38)39-23)12-10-19-8-9-21(35-3)22(13-19)36-4/h5-9,11,13-14,17-18H,10,12,15-16H2,1-4H3. The Morgan fingerprint density at radius 2 is 1.85 bits per heavy atom. The number of morpholine rings is 1. The summed E-state index contributed by atoms with van der Waals surface area (Å²) in [4.78, 5) is 36.0. The fourth-order valence-corrected chi connectivity index (χ4v) is 6.20. The minimum absolute atomic E-state index is 0.0209. The zero-order valence-corrected chi connectivity index (χ0v) is 23.9. The van der Waals surface area contributed by atoms with Gasteiger partial charge in [0.25, 0.3) is 11.5 Å². The number of anilines is 1. The Kier molecular flexibility index (Phi) is 7.92. The van der Waals surface area contributed by atoms with E-state index in [9.17, 15) is 9.59 Å². The Bertz CT molecular complexity index is 1510. The van der Waals surface area contributed by atoms with Crippen molar-refractivity contribution in [3.8, 4) is 11.5 Å². The first-order valence-corrected chi connectivity index (χ1v) is 13.9. The summed E-state index contributed by atoms with van der Waals surface area (Å²) in [5, 5.41) is 0. The van der Waals surface area contributed by atoms with Gasteiger partial charge in [0.05, 0.1) is 36.9 Å². The number of rotatable bonds is 7. The molecular formula is C28H30N4O5S2. The fraction of sp³-hybridized carbons (Fsp3) is 0.357. The quantitative estimate of drug-likeness (QED) is 0.313. The van der Waals surface area contributed by atoms with Crippen LogP contribution in [0.1, 0.15) is 25.0 Å². The highest BCUT2D eigenvalue weighted by atomic mass is 32.2. The van der Waals surface area contributed by atoms with Crippen LogP contribution >= 0.6 is 24.0 Å². The Balaban J connectivity index is 1.46. The van der Waals surface area contributed by atoms with Gasteiger partial charge in [-0.2, -0.15) is 0 Å². The summed E-state index contributed by atoms with van der Waals surface area (Å²) in [7, 11) is 3.18. The summed E-state index contributed by atoms with van der Waals surface area (Å²) in [6.07, 6.45) is 3.87. The van der Waals surface area contributed by atoms with E-state index in [-0.39, 0.29) is 23.7 Å². The molecule has 1 aromatic carbocycles. The maximum atomic E-state index is 13.7. The van der Waals surface area contributed by atoms with Crippen molar-refractivity contribution < 1.29 is 19.0 Å². The molecule has 2 fully saturated rings. The van der Waals surface area contributed by atoms with Crippen LogP contribution < -0.4 is 19.9 Å². The third-order valence-corrected chi connectivity index (χ3v) is 8.07. The van der Waals surface area contributed by atoms with Gasteiger partial charge in [-0.25, -0.2) is 4.98 Å². The summed E-state index contributed by atoms with van der Waals surface area (Å²) in [5.74, 6) is 1.59. The fourth-order valence-electron chi connectivity index (χ4n) is 4.91. The zero-order valence-electron chi connectivity index (χ0n) is 22.2. The van der Waals surface area contributed by atoms with Crippen molar-refractivity contribution in [2.24, 2.45) is 0 Å². The molecule has 2 saturated heterocycles. The lowest BCUT2D eigenvalue weighted by Crippen LogP contribution is -2.46. The number of amides is 1. The smallest absolute Gasteiger partial charge is 0.267 e. The Morgan fingerprint density at radius 1 is 1.10 bits per heavy atom. The molecule has 1 amide bonds. The first kappa shape index (κ1) is 27.2. The molecule has 0 spiro atoms. The number of hydrogen-bond donors (Lipinski definition) is 0. The van der Waals surface area contributed by atoms with Crippen LogP contribution in [0.2, 0.25) is 0 Å². The van der Waals surface area contributed by atoms with E-state index in [1.165, 1.54) is 16.2 Å². The van der Waals surface area contributed by atoms with Crippen molar-refractivity contribution in [2.45, 2.75) is 32.5 Å². The molecule has 0 radical (unpaired) electrons. The van der Waals surface area contributed by atoms with E-state index in [0.717, 1.165) is 5.56 Å². The normalized spacial score (nSPS) is 20.8. The van der Waals surface area contributed by atoms with E-state index >= 15 is 0 Å². The molecule has 0 saturated carbocycles. The number of hydrogen-bond acceptors (Lipinski definition) is 9. The third kappa shape index (κ3) is 5.52. The number of ether oxygens (including phenoxy) is 3. The zero-order chi connectivity index (χ0) is 27.7. The SMILES string of the molecule is COc1ccc(CCN2C(=O)C(=Cc3c(N4CC(C)OC(C)C4)nc4ccccn4c3=O)SC2=S)cc1OC. The van der Waals surface area contributed by atoms with Crippen molar-refractivity contribution in [2.75, 3.05) is 38.8 Å². The topological polar surface area (TPSA) is 85.6 Å². The van der Waals surface area contributed by atoms with Gasteiger partial charge in [0.15, 0.2) is 11.5 Å². The number of thioether (sulfide) groups is 1. The predicted octanol–water partition coefficient (Wildman–Crippen LogP) is 3.77. The average Bonchev–Trinajstić information content (AvgIpc) is 3.19. The van der Waals surface area contributed by atoms with Gasteiger partial charge in [-0.05, 0) is 56.2 Å². The highest BCUT2D eigenvalue weighted by Gasteiger charge is 2.33. The second kappa shape index (κ2) is 11.4. The van der Waals surface area contributed by atoms with Crippen LogP contribution in [-0.4, -0.2) is 70.6 Å². The number of carbonyl (C=O) groups excluding carboxylic acids is 1. The van der Waals surface area contributed by atoms with E-state index in [1.54, 1.807) is 43.5 Å². The molecule has 2 unspecified atom stereocenters. The van der Waals surface area contributed by atoms with Crippen LogP contribution in [0.25, 0.3) is 11.7 Å². The summed E-state index contributed by atoms with van der Waals surface area (Å²) in [6.45, 7) is 5.58. The van der Waals surface area contributed by atoms with E-state index in [1.807, 2.05) is 38.1 Å². The lowest BCUT2D eigenvalue weighted by molar-refractivity contribution is -0.122. The van der Waals surface area contributed by atoms with Crippen LogP contribution in [0.5, 0.6) is 11.5 Å². The molecule has 5 rings (SSSR count). The molecule has 0 aliphatic carbocycles. The highest BCUT2D eigenvalue weighted by molar-refractivity contribution is 8.26. The molecule has 2 aliphatic heterocycles. The largest absolute Gasteiger partial charge is 0.493 e. The molecule has 3 aromatic rings. The number of thiocarbonyl (C=S) groups is 1. The van der Waals surface area contributed by atoms with Crippen LogP contribution in [0.4, 0.5) is 5.82 Å². The van der Waals surface area contributed by atoms with Crippen molar-refractivity contribution in [3.05, 3.63) is 69.0 Å². The minimum atomic E-state index is -0.238. The number of benzene rings is 1. The van der Waals surface area contributed by atoms with E-state index in [4.69, 9.17) is 31.4 Å².